The van der Waals surface area contributed by atoms with Crippen LogP contribution in [-0.2, 0) is 28.2 Å². The van der Waals surface area contributed by atoms with Crippen molar-refractivity contribution in [2.24, 2.45) is 28.2 Å². The van der Waals surface area contributed by atoms with Crippen molar-refractivity contribution in [2.45, 2.75) is 27.7 Å². The summed E-state index contributed by atoms with van der Waals surface area (Å²) < 4.78 is 13.9. The van der Waals surface area contributed by atoms with Crippen molar-refractivity contribution in [3.8, 4) is 56.3 Å². The van der Waals surface area contributed by atoms with Crippen molar-refractivity contribution in [3.05, 3.63) is 320 Å². The third-order valence-electron chi connectivity index (χ3n) is 19.7. The molecule has 0 saturated carbocycles. The van der Waals surface area contributed by atoms with Crippen LogP contribution in [0.25, 0.3) is 154 Å². The lowest BCUT2D eigenvalue weighted by molar-refractivity contribution is -0.659. The molecule has 18 aromatic rings. The van der Waals surface area contributed by atoms with Crippen LogP contribution in [0.3, 0.4) is 0 Å². The number of fused-ring (bicyclic) bond motifs is 14. The Morgan fingerprint density at radius 2 is 0.695 bits per heavy atom. The third-order valence-corrected chi connectivity index (χ3v) is 19.7. The molecule has 6 aromatic heterocycles. The summed E-state index contributed by atoms with van der Waals surface area (Å²) >= 11 is 0. The van der Waals surface area contributed by atoms with Gasteiger partial charge < -0.3 is 13.7 Å². The quantitative estimate of drug-likeness (QED) is 0.148. The predicted octanol–water partition coefficient (Wildman–Crippen LogP) is 20.7. The molecule has 0 N–H and O–H groups in total. The average molecular weight is 1230 g/mol. The van der Waals surface area contributed by atoms with Crippen molar-refractivity contribution in [1.82, 2.24) is 13.7 Å². The van der Waals surface area contributed by atoms with E-state index < -0.39 is 0 Å². The van der Waals surface area contributed by atoms with Gasteiger partial charge in [-0.1, -0.05) is 194 Å². The van der Waals surface area contributed by atoms with Crippen LogP contribution in [0.4, 0.5) is 0 Å². The minimum absolute atomic E-state index is 1.18. The average Bonchev–Trinajstić information content (AvgIpc) is 1.59. The Kier molecular flexibility index (Phi) is 14.6. The molecular weight excluding hydrogens is 1150 g/mol. The molecule has 6 heteroatoms. The molecule has 0 radical (unpaired) electrons. The number of hydrogen-bond donors (Lipinski definition) is 0. The Labute approximate surface area is 554 Å². The molecule has 0 aliphatic heterocycles. The first-order chi connectivity index (χ1) is 46.4. The third kappa shape index (κ3) is 10.2. The highest BCUT2D eigenvalue weighted by molar-refractivity contribution is 6.22. The number of rotatable bonds is 6. The molecule has 0 fully saturated rings. The van der Waals surface area contributed by atoms with Crippen LogP contribution in [-0.4, -0.2) is 13.7 Å². The zero-order chi connectivity index (χ0) is 64.6. The summed E-state index contributed by atoms with van der Waals surface area (Å²) in [5, 5.41) is 15.5. The summed E-state index contributed by atoms with van der Waals surface area (Å²) in [7, 11) is 8.63. The summed E-state index contributed by atoms with van der Waals surface area (Å²) in [4.78, 5) is 0. The highest BCUT2D eigenvalue weighted by Gasteiger charge is 2.25. The number of hydrogen-bond acceptors (Lipinski definition) is 0. The number of nitrogens with zero attached hydrogens (tertiary/aromatic N) is 6. The molecule has 0 bridgehead atoms. The zero-order valence-corrected chi connectivity index (χ0v) is 55.0. The zero-order valence-electron chi connectivity index (χ0n) is 55.0. The normalized spacial score (nSPS) is 11.6. The second kappa shape index (κ2) is 23.7. The lowest BCUT2D eigenvalue weighted by atomic mass is 10.00. The van der Waals surface area contributed by atoms with E-state index in [1.807, 2.05) is 0 Å². The van der Waals surface area contributed by atoms with Crippen LogP contribution in [0.1, 0.15) is 22.3 Å². The Morgan fingerprint density at radius 3 is 1.23 bits per heavy atom. The number of aryl methyl sites for hydroxylation is 8. The van der Waals surface area contributed by atoms with Gasteiger partial charge in [0.25, 0.3) is 0 Å². The molecule has 6 heterocycles. The lowest BCUT2D eigenvalue weighted by Crippen LogP contribution is -2.30. The fourth-order valence-electron chi connectivity index (χ4n) is 14.9. The molecule has 0 unspecified atom stereocenters. The minimum atomic E-state index is 1.18. The summed E-state index contributed by atoms with van der Waals surface area (Å²) in [6.45, 7) is 8.70. The van der Waals surface area contributed by atoms with Gasteiger partial charge in [-0.2, -0.15) is 0 Å². The number of pyridine rings is 3. The molecule has 0 aliphatic carbocycles. The molecular formula is C89H73N6+3. The molecule has 0 aliphatic rings. The van der Waals surface area contributed by atoms with Crippen LogP contribution in [0.5, 0.6) is 0 Å². The summed E-state index contributed by atoms with van der Waals surface area (Å²) in [5.74, 6) is 0. The van der Waals surface area contributed by atoms with Gasteiger partial charge >= 0.3 is 0 Å². The van der Waals surface area contributed by atoms with E-state index in [1.54, 1.807) is 0 Å². The van der Waals surface area contributed by atoms with E-state index in [-0.39, 0.29) is 0 Å². The maximum absolute atomic E-state index is 2.41. The van der Waals surface area contributed by atoms with Crippen LogP contribution in [0.2, 0.25) is 0 Å². The van der Waals surface area contributed by atoms with Gasteiger partial charge in [-0.15, -0.1) is 0 Å². The number of benzene rings is 12. The molecule has 456 valence electrons. The van der Waals surface area contributed by atoms with Gasteiger partial charge in [0.15, 0.2) is 18.6 Å². The minimum Gasteiger partial charge on any atom is -0.343 e. The van der Waals surface area contributed by atoms with Gasteiger partial charge in [0.05, 0.1) is 43.7 Å². The van der Waals surface area contributed by atoms with Gasteiger partial charge in [0.1, 0.15) is 21.1 Å². The standard InChI is InChI=1S/2C30H25N2.C29H23N2/c1-20-13-15-25-22(17-20)14-16-27-30(25)26-19-31(3)28(24-12-8-7-9-21(24)2)18-29(26)32(27)23-10-5-4-6-11-23;1-20-9-7-8-12-25(20)28-18-30-27(19-31(28)2)26-16-23-14-13-22(21-10-5-4-6-11-21)15-24(23)17-29(26)32(30)3;1-20-10-6-8-14-23(20)27-18-28-25(19-30(27)2)29-24-15-9-7-11-21(24)16-17-26(29)31(28)22-12-4-3-5-13-22/h2*4-19H,1-3H3;3-19H,1-2H3/q3*+1. The van der Waals surface area contributed by atoms with E-state index in [0.717, 1.165) is 0 Å². The van der Waals surface area contributed by atoms with E-state index in [9.17, 15) is 0 Å². The first-order valence-electron chi connectivity index (χ1n) is 32.9. The number of aromatic nitrogens is 6. The van der Waals surface area contributed by atoms with Crippen molar-refractivity contribution in [2.75, 3.05) is 0 Å². The molecule has 0 spiro atoms. The van der Waals surface area contributed by atoms with Crippen molar-refractivity contribution >= 4 is 97.7 Å². The van der Waals surface area contributed by atoms with E-state index >= 15 is 0 Å². The molecule has 6 nitrogen and oxygen atoms in total. The Bertz CT molecular complexity index is 6050. The molecule has 18 rings (SSSR count). The lowest BCUT2D eigenvalue weighted by Gasteiger charge is -2.09. The maximum Gasteiger partial charge on any atom is 0.214 e. The Morgan fingerprint density at radius 1 is 0.263 bits per heavy atom. The van der Waals surface area contributed by atoms with Crippen LogP contribution in [0, 0.1) is 27.7 Å². The maximum atomic E-state index is 2.41. The largest absolute Gasteiger partial charge is 0.343 e. The molecule has 0 atom stereocenters. The summed E-state index contributed by atoms with van der Waals surface area (Å²) in [5.41, 5.74) is 25.0. The topological polar surface area (TPSA) is 26.4 Å². The summed E-state index contributed by atoms with van der Waals surface area (Å²) in [6.07, 6.45) is 6.88. The first kappa shape index (κ1) is 58.4. The van der Waals surface area contributed by atoms with Crippen LogP contribution in [0.15, 0.2) is 298 Å². The van der Waals surface area contributed by atoms with Gasteiger partial charge in [0.2, 0.25) is 17.1 Å². The van der Waals surface area contributed by atoms with Crippen LogP contribution >= 0.6 is 0 Å². The van der Waals surface area contributed by atoms with E-state index in [0.29, 0.717) is 0 Å². The van der Waals surface area contributed by atoms with E-state index in [1.165, 1.54) is 176 Å². The smallest absolute Gasteiger partial charge is 0.214 e. The summed E-state index contributed by atoms with van der Waals surface area (Å²) in [6, 6.07) is 101. The molecule has 0 amide bonds. The van der Waals surface area contributed by atoms with Crippen molar-refractivity contribution in [3.63, 3.8) is 0 Å². The SMILES string of the molecule is Cc1ccc2c(ccc3c2c2c[n+](C)c(-c4ccccc4C)cc2n3-c2ccccc2)c1.Cc1ccccc1-c1cc2c(c[n+]1C)c1c3ccccc3ccc1n2-c1ccccc1.Cc1ccccc1-c1cc2c(c[n+]1C)c1cc3ccc(-c4ccccc4)cc3cc1n2C. The highest BCUT2D eigenvalue weighted by Crippen LogP contribution is 2.41. The molecule has 12 aromatic carbocycles. The van der Waals surface area contributed by atoms with Gasteiger partial charge in [-0.05, 0) is 161 Å². The Balaban J connectivity index is 0.000000112. The fourth-order valence-corrected chi connectivity index (χ4v) is 14.9. The van der Waals surface area contributed by atoms with Crippen molar-refractivity contribution in [1.29, 1.82) is 0 Å². The predicted molar refractivity (Wildman–Crippen MR) is 399 cm³/mol. The fraction of sp³-hybridized carbons (Fsp3) is 0.0899. The monoisotopic (exact) mass is 1230 g/mol. The van der Waals surface area contributed by atoms with Crippen molar-refractivity contribution < 1.29 is 13.7 Å². The van der Waals surface area contributed by atoms with Gasteiger partial charge in [0, 0.05) is 75.0 Å². The van der Waals surface area contributed by atoms with E-state index in [4.69, 9.17) is 0 Å². The second-order valence-corrected chi connectivity index (χ2v) is 25.7. The molecule has 95 heavy (non-hydrogen) atoms. The highest BCUT2D eigenvalue weighted by atomic mass is 15.0. The van der Waals surface area contributed by atoms with Crippen LogP contribution < -0.4 is 13.7 Å². The second-order valence-electron chi connectivity index (χ2n) is 25.7. The van der Waals surface area contributed by atoms with Gasteiger partial charge in [-0.25, -0.2) is 13.7 Å². The van der Waals surface area contributed by atoms with E-state index in [2.05, 4.69) is 381 Å². The Hall–Kier alpha value is -11.7. The van der Waals surface area contributed by atoms with Gasteiger partial charge in [-0.3, -0.25) is 0 Å². The first-order valence-corrected chi connectivity index (χ1v) is 32.9. The molecule has 0 saturated heterocycles. The number of para-hydroxylation sites is 2.